The van der Waals surface area contributed by atoms with Crippen LogP contribution in [-0.4, -0.2) is 12.5 Å². The van der Waals surface area contributed by atoms with Crippen LogP contribution >= 0.6 is 0 Å². The maximum atomic E-state index is 11.3. The molecule has 1 heterocycles. The summed E-state index contributed by atoms with van der Waals surface area (Å²) in [6.45, 7) is 8.85. The Morgan fingerprint density at radius 3 is 2.50 bits per heavy atom. The van der Waals surface area contributed by atoms with E-state index >= 15 is 0 Å². The molecule has 0 saturated carbocycles. The van der Waals surface area contributed by atoms with E-state index in [1.165, 1.54) is 12.0 Å². The fourth-order valence-corrected chi connectivity index (χ4v) is 1.92. The fraction of sp³-hybridized carbons (Fsp3) is 0.500. The second-order valence-electron chi connectivity index (χ2n) is 4.30. The van der Waals surface area contributed by atoms with Crippen molar-refractivity contribution in [2.24, 2.45) is 0 Å². The second kappa shape index (κ2) is 5.69. The van der Waals surface area contributed by atoms with Gasteiger partial charge in [-0.15, -0.1) is 0 Å². The van der Waals surface area contributed by atoms with Crippen molar-refractivity contribution in [1.82, 2.24) is 0 Å². The number of fused-ring (bicyclic) bond motifs is 1. The van der Waals surface area contributed by atoms with Crippen LogP contribution in [0, 0.1) is 0 Å². The van der Waals surface area contributed by atoms with Gasteiger partial charge in [0, 0.05) is 25.1 Å². The molecule has 1 unspecified atom stereocenters. The highest BCUT2D eigenvalue weighted by molar-refractivity contribution is 5.94. The second-order valence-corrected chi connectivity index (χ2v) is 4.30. The zero-order chi connectivity index (χ0) is 12.1. The van der Waals surface area contributed by atoms with Gasteiger partial charge in [-0.2, -0.15) is 0 Å². The minimum Gasteiger partial charge on any atom is -0.312 e. The molecule has 0 bridgehead atoms. The lowest BCUT2D eigenvalue weighted by atomic mass is 10.0. The number of carbonyl (C=O) groups is 1. The summed E-state index contributed by atoms with van der Waals surface area (Å²) in [6, 6.07) is 8.12. The standard InChI is InChI=1S/C11H13NO.C3H8/c1-8-7-12(9(2)13)11-6-4-3-5-10(8)11;1-3-2/h3-6,8H,7H2,1-2H3;3H2,1-2H3. The largest absolute Gasteiger partial charge is 0.312 e. The lowest BCUT2D eigenvalue weighted by Gasteiger charge is -2.14. The van der Waals surface area contributed by atoms with E-state index < -0.39 is 0 Å². The van der Waals surface area contributed by atoms with Gasteiger partial charge in [-0.05, 0) is 11.6 Å². The first-order valence-electron chi connectivity index (χ1n) is 5.98. The molecule has 2 rings (SSSR count). The van der Waals surface area contributed by atoms with Crippen LogP contribution in [-0.2, 0) is 4.79 Å². The molecule has 0 aliphatic carbocycles. The van der Waals surface area contributed by atoms with E-state index in [1.54, 1.807) is 6.92 Å². The van der Waals surface area contributed by atoms with Gasteiger partial charge in [-0.1, -0.05) is 45.4 Å². The first-order chi connectivity index (χ1) is 7.61. The molecule has 16 heavy (non-hydrogen) atoms. The topological polar surface area (TPSA) is 20.3 Å². The van der Waals surface area contributed by atoms with Crippen LogP contribution in [0.15, 0.2) is 24.3 Å². The van der Waals surface area contributed by atoms with E-state index in [2.05, 4.69) is 26.8 Å². The Morgan fingerprint density at radius 2 is 1.94 bits per heavy atom. The number of rotatable bonds is 0. The van der Waals surface area contributed by atoms with Crippen LogP contribution in [0.5, 0.6) is 0 Å². The summed E-state index contributed by atoms with van der Waals surface area (Å²) in [6.07, 6.45) is 1.25. The first kappa shape index (κ1) is 12.8. The molecule has 0 spiro atoms. The maximum Gasteiger partial charge on any atom is 0.223 e. The Morgan fingerprint density at radius 1 is 1.38 bits per heavy atom. The summed E-state index contributed by atoms with van der Waals surface area (Å²) in [7, 11) is 0. The third-order valence-electron chi connectivity index (χ3n) is 2.60. The minimum absolute atomic E-state index is 0.136. The molecule has 0 saturated heterocycles. The lowest BCUT2D eigenvalue weighted by molar-refractivity contribution is -0.116. The van der Waals surface area contributed by atoms with Crippen LogP contribution in [0.1, 0.15) is 45.6 Å². The Labute approximate surface area is 98.3 Å². The highest BCUT2D eigenvalue weighted by atomic mass is 16.2. The average Bonchev–Trinajstić information content (AvgIpc) is 2.58. The molecular formula is C14H21NO. The number of amides is 1. The fourth-order valence-electron chi connectivity index (χ4n) is 1.92. The molecule has 88 valence electrons. The number of para-hydroxylation sites is 1. The van der Waals surface area contributed by atoms with Gasteiger partial charge in [0.05, 0.1) is 0 Å². The molecule has 1 aliphatic rings. The molecule has 0 N–H and O–H groups in total. The zero-order valence-corrected chi connectivity index (χ0v) is 10.7. The van der Waals surface area contributed by atoms with Crippen LogP contribution < -0.4 is 4.90 Å². The lowest BCUT2D eigenvalue weighted by Crippen LogP contribution is -2.26. The van der Waals surface area contributed by atoms with Crippen molar-refractivity contribution in [2.45, 2.75) is 40.0 Å². The third kappa shape index (κ3) is 2.63. The van der Waals surface area contributed by atoms with Gasteiger partial charge < -0.3 is 4.90 Å². The molecule has 1 amide bonds. The minimum atomic E-state index is 0.136. The molecule has 1 aromatic rings. The van der Waals surface area contributed by atoms with E-state index in [0.29, 0.717) is 5.92 Å². The van der Waals surface area contributed by atoms with Gasteiger partial charge in [-0.25, -0.2) is 0 Å². The van der Waals surface area contributed by atoms with E-state index in [9.17, 15) is 4.79 Å². The molecule has 1 aliphatic heterocycles. The summed E-state index contributed by atoms with van der Waals surface area (Å²) in [4.78, 5) is 13.1. The maximum absolute atomic E-state index is 11.3. The number of hydrogen-bond acceptors (Lipinski definition) is 1. The van der Waals surface area contributed by atoms with Gasteiger partial charge in [0.25, 0.3) is 0 Å². The Balaban J connectivity index is 0.000000386. The van der Waals surface area contributed by atoms with Crippen molar-refractivity contribution in [3.8, 4) is 0 Å². The average molecular weight is 219 g/mol. The van der Waals surface area contributed by atoms with E-state index in [-0.39, 0.29) is 5.91 Å². The molecular weight excluding hydrogens is 198 g/mol. The van der Waals surface area contributed by atoms with E-state index in [0.717, 1.165) is 12.2 Å². The normalized spacial score (nSPS) is 17.5. The summed E-state index contributed by atoms with van der Waals surface area (Å²) < 4.78 is 0. The van der Waals surface area contributed by atoms with Gasteiger partial charge >= 0.3 is 0 Å². The van der Waals surface area contributed by atoms with Crippen molar-refractivity contribution in [3.63, 3.8) is 0 Å². The highest BCUT2D eigenvalue weighted by Crippen LogP contribution is 2.35. The molecule has 0 fully saturated rings. The molecule has 2 nitrogen and oxygen atoms in total. The molecule has 0 aromatic heterocycles. The van der Waals surface area contributed by atoms with E-state index in [4.69, 9.17) is 0 Å². The summed E-state index contributed by atoms with van der Waals surface area (Å²) in [5.41, 5.74) is 2.38. The monoisotopic (exact) mass is 219 g/mol. The van der Waals surface area contributed by atoms with Gasteiger partial charge in [0.15, 0.2) is 0 Å². The number of anilines is 1. The Hall–Kier alpha value is -1.31. The number of nitrogens with zero attached hydrogens (tertiary/aromatic N) is 1. The summed E-state index contributed by atoms with van der Waals surface area (Å²) in [5, 5.41) is 0. The van der Waals surface area contributed by atoms with Gasteiger partial charge in [0.1, 0.15) is 0 Å². The highest BCUT2D eigenvalue weighted by Gasteiger charge is 2.26. The third-order valence-corrected chi connectivity index (χ3v) is 2.60. The summed E-state index contributed by atoms with van der Waals surface area (Å²) in [5.74, 6) is 0.608. The molecule has 0 radical (unpaired) electrons. The van der Waals surface area contributed by atoms with Crippen LogP contribution in [0.4, 0.5) is 5.69 Å². The smallest absolute Gasteiger partial charge is 0.223 e. The molecule has 1 aromatic carbocycles. The van der Waals surface area contributed by atoms with Crippen LogP contribution in [0.2, 0.25) is 0 Å². The molecule has 1 atom stereocenters. The number of benzene rings is 1. The first-order valence-corrected chi connectivity index (χ1v) is 5.98. The van der Waals surface area contributed by atoms with Crippen molar-refractivity contribution >= 4 is 11.6 Å². The quantitative estimate of drug-likeness (QED) is 0.653. The number of hydrogen-bond donors (Lipinski definition) is 0. The Bertz CT molecular complexity index is 360. The van der Waals surface area contributed by atoms with Crippen molar-refractivity contribution in [1.29, 1.82) is 0 Å². The van der Waals surface area contributed by atoms with Crippen molar-refractivity contribution in [3.05, 3.63) is 29.8 Å². The Kier molecular flexibility index (Phi) is 4.53. The SMILES string of the molecule is CC(=O)N1CC(C)c2ccccc21.CCC. The van der Waals surface area contributed by atoms with E-state index in [1.807, 2.05) is 23.1 Å². The predicted octanol–water partition coefficient (Wildman–Crippen LogP) is 3.57. The zero-order valence-electron chi connectivity index (χ0n) is 10.7. The predicted molar refractivity (Wildman–Crippen MR) is 68.8 cm³/mol. The number of carbonyl (C=O) groups excluding carboxylic acids is 1. The van der Waals surface area contributed by atoms with Crippen LogP contribution in [0.25, 0.3) is 0 Å². The van der Waals surface area contributed by atoms with Crippen LogP contribution in [0.3, 0.4) is 0 Å². The van der Waals surface area contributed by atoms with Gasteiger partial charge in [-0.3, -0.25) is 4.79 Å². The summed E-state index contributed by atoms with van der Waals surface area (Å²) >= 11 is 0. The van der Waals surface area contributed by atoms with Crippen molar-refractivity contribution < 1.29 is 4.79 Å². The van der Waals surface area contributed by atoms with Crippen molar-refractivity contribution in [2.75, 3.05) is 11.4 Å². The molecule has 2 heteroatoms. The van der Waals surface area contributed by atoms with Gasteiger partial charge in [0.2, 0.25) is 5.91 Å².